The Balaban J connectivity index is 2.76. The molecule has 0 heterocycles. The van der Waals surface area contributed by atoms with E-state index in [2.05, 4.69) is 17.4 Å². The van der Waals surface area contributed by atoms with Crippen LogP contribution in [0.1, 0.15) is 30.5 Å². The first-order chi connectivity index (χ1) is 7.67. The van der Waals surface area contributed by atoms with Gasteiger partial charge >= 0.3 is 5.97 Å². The minimum absolute atomic E-state index is 0.0399. The van der Waals surface area contributed by atoms with E-state index >= 15 is 0 Å². The van der Waals surface area contributed by atoms with Crippen LogP contribution < -0.4 is 5.32 Å². The van der Waals surface area contributed by atoms with Crippen LogP contribution in [-0.4, -0.2) is 19.6 Å². The van der Waals surface area contributed by atoms with Crippen LogP contribution in [-0.2, 0) is 9.53 Å². The van der Waals surface area contributed by atoms with Crippen LogP contribution in [0.25, 0.3) is 0 Å². The third kappa shape index (κ3) is 3.66. The lowest BCUT2D eigenvalue weighted by Gasteiger charge is -2.17. The van der Waals surface area contributed by atoms with Crippen LogP contribution in [0.2, 0.25) is 0 Å². The van der Waals surface area contributed by atoms with Gasteiger partial charge < -0.3 is 10.1 Å². The first-order valence-corrected chi connectivity index (χ1v) is 5.54. The molecule has 1 unspecified atom stereocenters. The number of aryl methyl sites for hydroxylation is 1. The van der Waals surface area contributed by atoms with Crippen LogP contribution in [0.5, 0.6) is 0 Å². The minimum atomic E-state index is -0.188. The Kier molecular flexibility index (Phi) is 4.99. The van der Waals surface area contributed by atoms with Gasteiger partial charge in [-0.3, -0.25) is 4.79 Å². The number of carbonyl (C=O) groups excluding carboxylic acids is 1. The van der Waals surface area contributed by atoms with Crippen molar-refractivity contribution in [3.05, 3.63) is 35.4 Å². The van der Waals surface area contributed by atoms with Crippen molar-refractivity contribution in [3.63, 3.8) is 0 Å². The number of carbonyl (C=O) groups is 1. The average Bonchev–Trinajstić information content (AvgIpc) is 2.29. The number of rotatable bonds is 5. The molecule has 0 spiro atoms. The number of hydrogen-bond acceptors (Lipinski definition) is 3. The molecule has 3 nitrogen and oxygen atoms in total. The molecule has 88 valence electrons. The molecule has 0 radical (unpaired) electrons. The minimum Gasteiger partial charge on any atom is -0.469 e. The van der Waals surface area contributed by atoms with Crippen LogP contribution in [0.3, 0.4) is 0 Å². The number of methoxy groups -OCH3 is 1. The van der Waals surface area contributed by atoms with Gasteiger partial charge in [-0.25, -0.2) is 0 Å². The Morgan fingerprint density at radius 2 is 2.00 bits per heavy atom. The van der Waals surface area contributed by atoms with Crippen LogP contribution >= 0.6 is 0 Å². The fraction of sp³-hybridized carbons (Fsp3) is 0.462. The lowest BCUT2D eigenvalue weighted by Crippen LogP contribution is -2.24. The van der Waals surface area contributed by atoms with Gasteiger partial charge in [0.25, 0.3) is 0 Å². The predicted molar refractivity (Wildman–Crippen MR) is 64.2 cm³/mol. The van der Waals surface area contributed by atoms with E-state index in [1.54, 1.807) is 0 Å². The van der Waals surface area contributed by atoms with Gasteiger partial charge in [-0.05, 0) is 19.0 Å². The maximum absolute atomic E-state index is 11.3. The number of ether oxygens (including phenoxy) is 1. The predicted octanol–water partition coefficient (Wildman–Crippen LogP) is 2.21. The third-order valence-corrected chi connectivity index (χ3v) is 2.53. The monoisotopic (exact) mass is 221 g/mol. The van der Waals surface area contributed by atoms with Gasteiger partial charge in [-0.15, -0.1) is 0 Å². The molecule has 0 fully saturated rings. The zero-order valence-corrected chi connectivity index (χ0v) is 10.1. The number of benzene rings is 1. The van der Waals surface area contributed by atoms with Gasteiger partial charge in [0, 0.05) is 6.04 Å². The Bertz CT molecular complexity index is 332. The molecule has 0 aromatic heterocycles. The van der Waals surface area contributed by atoms with E-state index in [9.17, 15) is 4.79 Å². The molecule has 0 aliphatic heterocycles. The van der Waals surface area contributed by atoms with Crippen molar-refractivity contribution >= 4 is 5.97 Å². The van der Waals surface area contributed by atoms with Gasteiger partial charge in [0.15, 0.2) is 0 Å². The van der Waals surface area contributed by atoms with E-state index in [-0.39, 0.29) is 12.0 Å². The van der Waals surface area contributed by atoms with E-state index in [1.807, 2.05) is 26.0 Å². The van der Waals surface area contributed by atoms with Crippen molar-refractivity contribution in [1.82, 2.24) is 5.32 Å². The zero-order chi connectivity index (χ0) is 12.0. The molecule has 0 aliphatic rings. The van der Waals surface area contributed by atoms with Gasteiger partial charge in [-0.1, -0.05) is 36.8 Å². The van der Waals surface area contributed by atoms with Crippen molar-refractivity contribution in [2.75, 3.05) is 13.7 Å². The molecule has 1 rings (SSSR count). The van der Waals surface area contributed by atoms with Gasteiger partial charge in [0.1, 0.15) is 0 Å². The summed E-state index contributed by atoms with van der Waals surface area (Å²) in [5.74, 6) is -0.188. The van der Waals surface area contributed by atoms with Crippen LogP contribution in [0.4, 0.5) is 0 Å². The highest BCUT2D eigenvalue weighted by Gasteiger charge is 2.14. The summed E-state index contributed by atoms with van der Waals surface area (Å²) < 4.78 is 4.69. The molecule has 1 N–H and O–H groups in total. The largest absolute Gasteiger partial charge is 0.469 e. The van der Waals surface area contributed by atoms with E-state index in [4.69, 9.17) is 4.74 Å². The van der Waals surface area contributed by atoms with Crippen molar-refractivity contribution < 1.29 is 9.53 Å². The summed E-state index contributed by atoms with van der Waals surface area (Å²) in [6.07, 6.45) is 0.368. The molecule has 1 aromatic carbocycles. The van der Waals surface area contributed by atoms with E-state index < -0.39 is 0 Å². The molecule has 0 saturated carbocycles. The standard InChI is InChI=1S/C13H19NO2/c1-4-14-12(9-13(15)16-3)11-7-5-10(2)6-8-11/h5-8,12,14H,4,9H2,1-3H3. The van der Waals surface area contributed by atoms with Crippen molar-refractivity contribution in [1.29, 1.82) is 0 Å². The summed E-state index contributed by atoms with van der Waals surface area (Å²) in [6, 6.07) is 8.24. The van der Waals surface area contributed by atoms with E-state index in [0.29, 0.717) is 6.42 Å². The maximum atomic E-state index is 11.3. The summed E-state index contributed by atoms with van der Waals surface area (Å²) in [5, 5.41) is 3.28. The molecule has 0 saturated heterocycles. The van der Waals surface area contributed by atoms with Gasteiger partial charge in [0.2, 0.25) is 0 Å². The number of nitrogens with one attached hydrogen (secondary N) is 1. The highest BCUT2D eigenvalue weighted by atomic mass is 16.5. The topological polar surface area (TPSA) is 38.3 Å². The molecule has 0 aliphatic carbocycles. The second-order valence-electron chi connectivity index (χ2n) is 3.80. The molecule has 1 atom stereocenters. The van der Waals surface area contributed by atoms with Gasteiger partial charge in [-0.2, -0.15) is 0 Å². The smallest absolute Gasteiger partial charge is 0.307 e. The lowest BCUT2D eigenvalue weighted by atomic mass is 10.0. The van der Waals surface area contributed by atoms with Crippen molar-refractivity contribution in [3.8, 4) is 0 Å². The maximum Gasteiger partial charge on any atom is 0.307 e. The van der Waals surface area contributed by atoms with Crippen LogP contribution in [0.15, 0.2) is 24.3 Å². The normalized spacial score (nSPS) is 12.2. The molecular formula is C13H19NO2. The molecule has 16 heavy (non-hydrogen) atoms. The van der Waals surface area contributed by atoms with Gasteiger partial charge in [0.05, 0.1) is 13.5 Å². The van der Waals surface area contributed by atoms with Crippen molar-refractivity contribution in [2.45, 2.75) is 26.3 Å². The molecule has 3 heteroatoms. The summed E-state index contributed by atoms with van der Waals surface area (Å²) in [7, 11) is 1.42. The first-order valence-electron chi connectivity index (χ1n) is 5.54. The second-order valence-corrected chi connectivity index (χ2v) is 3.80. The summed E-state index contributed by atoms with van der Waals surface area (Å²) >= 11 is 0. The first kappa shape index (κ1) is 12.7. The Morgan fingerprint density at radius 3 is 2.50 bits per heavy atom. The summed E-state index contributed by atoms with van der Waals surface area (Å²) in [4.78, 5) is 11.3. The Morgan fingerprint density at radius 1 is 1.38 bits per heavy atom. The highest BCUT2D eigenvalue weighted by Crippen LogP contribution is 2.17. The fourth-order valence-corrected chi connectivity index (χ4v) is 1.60. The molecular weight excluding hydrogens is 202 g/mol. The third-order valence-electron chi connectivity index (χ3n) is 2.53. The number of hydrogen-bond donors (Lipinski definition) is 1. The number of esters is 1. The second kappa shape index (κ2) is 6.28. The van der Waals surface area contributed by atoms with E-state index in [1.165, 1.54) is 12.7 Å². The highest BCUT2D eigenvalue weighted by molar-refractivity contribution is 5.70. The molecule has 0 amide bonds. The average molecular weight is 221 g/mol. The molecule has 0 bridgehead atoms. The van der Waals surface area contributed by atoms with Crippen molar-refractivity contribution in [2.24, 2.45) is 0 Å². The van der Waals surface area contributed by atoms with E-state index in [0.717, 1.165) is 12.1 Å². The molecule has 1 aromatic rings. The fourth-order valence-electron chi connectivity index (χ4n) is 1.60. The summed E-state index contributed by atoms with van der Waals surface area (Å²) in [5.41, 5.74) is 2.34. The quantitative estimate of drug-likeness (QED) is 0.775. The lowest BCUT2D eigenvalue weighted by molar-refractivity contribution is -0.141. The Hall–Kier alpha value is -1.35. The Labute approximate surface area is 96.8 Å². The van der Waals surface area contributed by atoms with Crippen LogP contribution in [0, 0.1) is 6.92 Å². The zero-order valence-electron chi connectivity index (χ0n) is 10.1. The SMILES string of the molecule is CCNC(CC(=O)OC)c1ccc(C)cc1. The summed E-state index contributed by atoms with van der Waals surface area (Å²) in [6.45, 7) is 4.90.